The predicted octanol–water partition coefficient (Wildman–Crippen LogP) is 1.74. The van der Waals surface area contributed by atoms with Gasteiger partial charge in [-0.2, -0.15) is 5.10 Å². The van der Waals surface area contributed by atoms with Crippen molar-refractivity contribution in [3.8, 4) is 5.75 Å². The molecule has 0 fully saturated rings. The van der Waals surface area contributed by atoms with E-state index >= 15 is 0 Å². The molecule has 114 valence electrons. The van der Waals surface area contributed by atoms with Crippen molar-refractivity contribution < 1.29 is 9.84 Å². The van der Waals surface area contributed by atoms with E-state index in [2.05, 4.69) is 17.3 Å². The zero-order chi connectivity index (χ0) is 15.1. The quantitative estimate of drug-likeness (QED) is 0.777. The smallest absolute Gasteiger partial charge is 0.119 e. The van der Waals surface area contributed by atoms with Crippen molar-refractivity contribution in [2.75, 3.05) is 13.2 Å². The molecule has 5 nitrogen and oxygen atoms in total. The largest absolute Gasteiger partial charge is 0.491 e. The van der Waals surface area contributed by atoms with E-state index in [1.54, 1.807) is 6.20 Å². The summed E-state index contributed by atoms with van der Waals surface area (Å²) in [5.74, 6) is 0.790. The number of aliphatic hydroxyl groups is 1. The Kier molecular flexibility index (Phi) is 5.78. The summed E-state index contributed by atoms with van der Waals surface area (Å²) in [6.07, 6.45) is 1.25. The van der Waals surface area contributed by atoms with Crippen molar-refractivity contribution >= 4 is 0 Å². The molecule has 2 rings (SSSR count). The first-order chi connectivity index (χ1) is 10.2. The van der Waals surface area contributed by atoms with Crippen LogP contribution in [-0.2, 0) is 13.1 Å². The maximum atomic E-state index is 9.92. The first-order valence-electron chi connectivity index (χ1n) is 7.28. The third-order valence-electron chi connectivity index (χ3n) is 3.22. The van der Waals surface area contributed by atoms with Gasteiger partial charge in [0.05, 0.1) is 5.69 Å². The average Bonchev–Trinajstić information content (AvgIpc) is 2.93. The van der Waals surface area contributed by atoms with E-state index in [4.69, 9.17) is 4.74 Å². The lowest BCUT2D eigenvalue weighted by molar-refractivity contribution is 0.106. The van der Waals surface area contributed by atoms with Gasteiger partial charge in [-0.05, 0) is 37.6 Å². The average molecular weight is 289 g/mol. The second kappa shape index (κ2) is 7.81. The van der Waals surface area contributed by atoms with E-state index < -0.39 is 6.10 Å². The lowest BCUT2D eigenvalue weighted by atomic mass is 10.2. The van der Waals surface area contributed by atoms with Gasteiger partial charge in [-0.25, -0.2) is 0 Å². The van der Waals surface area contributed by atoms with Gasteiger partial charge < -0.3 is 15.2 Å². The number of rotatable bonds is 8. The highest BCUT2D eigenvalue weighted by Crippen LogP contribution is 2.12. The molecule has 1 atom stereocenters. The SMILES string of the molecule is CCn1nccc1CNCC(O)COc1cccc(C)c1. The van der Waals surface area contributed by atoms with Crippen LogP contribution in [0.15, 0.2) is 36.5 Å². The second-order valence-electron chi connectivity index (χ2n) is 5.05. The molecule has 0 aliphatic carbocycles. The number of benzene rings is 1. The Labute approximate surface area is 125 Å². The Hall–Kier alpha value is -1.85. The van der Waals surface area contributed by atoms with Crippen LogP contribution in [0.3, 0.4) is 0 Å². The summed E-state index contributed by atoms with van der Waals surface area (Å²) < 4.78 is 7.51. The van der Waals surface area contributed by atoms with Crippen LogP contribution >= 0.6 is 0 Å². The number of nitrogens with zero attached hydrogens (tertiary/aromatic N) is 2. The Bertz CT molecular complexity index is 554. The third kappa shape index (κ3) is 4.88. The number of aryl methyl sites for hydroxylation is 2. The fourth-order valence-corrected chi connectivity index (χ4v) is 2.12. The summed E-state index contributed by atoms with van der Waals surface area (Å²) in [6.45, 7) is 6.38. The standard InChI is InChI=1S/C16H23N3O2/c1-3-19-14(7-8-18-19)10-17-11-15(20)12-21-16-6-4-5-13(2)9-16/h4-9,15,17,20H,3,10-12H2,1-2H3. The summed E-state index contributed by atoms with van der Waals surface area (Å²) in [5.41, 5.74) is 2.26. The fourth-order valence-electron chi connectivity index (χ4n) is 2.12. The van der Waals surface area contributed by atoms with Gasteiger partial charge in [-0.1, -0.05) is 12.1 Å². The monoisotopic (exact) mass is 289 g/mol. The Morgan fingerprint density at radius 1 is 1.38 bits per heavy atom. The van der Waals surface area contributed by atoms with Crippen molar-refractivity contribution in [2.24, 2.45) is 0 Å². The zero-order valence-corrected chi connectivity index (χ0v) is 12.6. The van der Waals surface area contributed by atoms with Gasteiger partial charge in [0.1, 0.15) is 18.5 Å². The van der Waals surface area contributed by atoms with Crippen LogP contribution in [0.2, 0.25) is 0 Å². The highest BCUT2D eigenvalue weighted by molar-refractivity contribution is 5.27. The van der Waals surface area contributed by atoms with Crippen molar-refractivity contribution in [2.45, 2.75) is 33.0 Å². The molecule has 1 aromatic carbocycles. The third-order valence-corrected chi connectivity index (χ3v) is 3.22. The molecule has 0 aliphatic rings. The second-order valence-corrected chi connectivity index (χ2v) is 5.05. The minimum absolute atomic E-state index is 0.281. The van der Waals surface area contributed by atoms with E-state index in [-0.39, 0.29) is 6.61 Å². The fraction of sp³-hybridized carbons (Fsp3) is 0.438. The Morgan fingerprint density at radius 2 is 2.24 bits per heavy atom. The van der Waals surface area contributed by atoms with Crippen LogP contribution in [0.4, 0.5) is 0 Å². The van der Waals surface area contributed by atoms with E-state index in [0.29, 0.717) is 13.1 Å². The maximum Gasteiger partial charge on any atom is 0.119 e. The number of ether oxygens (including phenoxy) is 1. The molecular weight excluding hydrogens is 266 g/mol. The van der Waals surface area contributed by atoms with Crippen LogP contribution in [0.5, 0.6) is 5.75 Å². The maximum absolute atomic E-state index is 9.92. The molecule has 2 aromatic rings. The van der Waals surface area contributed by atoms with Gasteiger partial charge >= 0.3 is 0 Å². The topological polar surface area (TPSA) is 59.3 Å². The minimum atomic E-state index is -0.538. The molecule has 1 aromatic heterocycles. The molecule has 2 N–H and O–H groups in total. The molecule has 0 saturated carbocycles. The van der Waals surface area contributed by atoms with Crippen molar-refractivity contribution in [3.05, 3.63) is 47.8 Å². The lowest BCUT2D eigenvalue weighted by Crippen LogP contribution is -2.31. The minimum Gasteiger partial charge on any atom is -0.491 e. The van der Waals surface area contributed by atoms with Gasteiger partial charge in [-0.3, -0.25) is 4.68 Å². The van der Waals surface area contributed by atoms with Gasteiger partial charge in [-0.15, -0.1) is 0 Å². The number of aromatic nitrogens is 2. The van der Waals surface area contributed by atoms with Crippen LogP contribution < -0.4 is 10.1 Å². The number of hydrogen-bond donors (Lipinski definition) is 2. The molecule has 0 saturated heterocycles. The lowest BCUT2D eigenvalue weighted by Gasteiger charge is -2.14. The molecule has 0 bridgehead atoms. The zero-order valence-electron chi connectivity index (χ0n) is 12.6. The first kappa shape index (κ1) is 15.5. The molecule has 0 aliphatic heterocycles. The molecule has 1 heterocycles. The summed E-state index contributed by atoms with van der Waals surface area (Å²) in [7, 11) is 0. The summed E-state index contributed by atoms with van der Waals surface area (Å²) in [4.78, 5) is 0. The molecule has 0 amide bonds. The summed E-state index contributed by atoms with van der Waals surface area (Å²) >= 11 is 0. The summed E-state index contributed by atoms with van der Waals surface area (Å²) in [5, 5.41) is 17.4. The van der Waals surface area contributed by atoms with E-state index in [1.165, 1.54) is 0 Å². The first-order valence-corrected chi connectivity index (χ1v) is 7.28. The highest BCUT2D eigenvalue weighted by Gasteiger charge is 2.06. The van der Waals surface area contributed by atoms with Gasteiger partial charge in [0.25, 0.3) is 0 Å². The molecule has 0 spiro atoms. The van der Waals surface area contributed by atoms with Gasteiger partial charge in [0.2, 0.25) is 0 Å². The van der Waals surface area contributed by atoms with Crippen LogP contribution in [0, 0.1) is 6.92 Å². The van der Waals surface area contributed by atoms with Crippen molar-refractivity contribution in [1.82, 2.24) is 15.1 Å². The molecular formula is C16H23N3O2. The predicted molar refractivity (Wildman–Crippen MR) is 82.3 cm³/mol. The Balaban J connectivity index is 1.69. The number of hydrogen-bond acceptors (Lipinski definition) is 4. The number of aliphatic hydroxyl groups excluding tert-OH is 1. The highest BCUT2D eigenvalue weighted by atomic mass is 16.5. The molecule has 1 unspecified atom stereocenters. The van der Waals surface area contributed by atoms with E-state index in [0.717, 1.165) is 23.6 Å². The van der Waals surface area contributed by atoms with Crippen LogP contribution in [0.1, 0.15) is 18.2 Å². The summed E-state index contributed by atoms with van der Waals surface area (Å²) in [6, 6.07) is 9.79. The molecule has 5 heteroatoms. The molecule has 21 heavy (non-hydrogen) atoms. The van der Waals surface area contributed by atoms with Crippen LogP contribution in [-0.4, -0.2) is 34.1 Å². The van der Waals surface area contributed by atoms with Crippen molar-refractivity contribution in [1.29, 1.82) is 0 Å². The molecule has 0 radical (unpaired) electrons. The van der Waals surface area contributed by atoms with E-state index in [1.807, 2.05) is 41.9 Å². The van der Waals surface area contributed by atoms with Crippen LogP contribution in [0.25, 0.3) is 0 Å². The number of nitrogens with one attached hydrogen (secondary N) is 1. The Morgan fingerprint density at radius 3 is 3.00 bits per heavy atom. The van der Waals surface area contributed by atoms with Crippen molar-refractivity contribution in [3.63, 3.8) is 0 Å². The normalized spacial score (nSPS) is 12.3. The van der Waals surface area contributed by atoms with Gasteiger partial charge in [0.15, 0.2) is 0 Å². The van der Waals surface area contributed by atoms with E-state index in [9.17, 15) is 5.11 Å². The van der Waals surface area contributed by atoms with Gasteiger partial charge in [0, 0.05) is 25.8 Å².